The average molecular weight is 489 g/mol. The number of fused-ring (bicyclic) bond motifs is 1. The Morgan fingerprint density at radius 3 is 2.49 bits per heavy atom. The summed E-state index contributed by atoms with van der Waals surface area (Å²) in [5.41, 5.74) is 2.57. The third-order valence-corrected chi connectivity index (χ3v) is 6.46. The molecule has 4 aromatic rings. The normalized spacial score (nSPS) is 10.9. The van der Waals surface area contributed by atoms with Gasteiger partial charge in [-0.3, -0.25) is 24.3 Å². The number of carbonyl (C=O) groups excluding carboxylic acids is 1. The number of thioether (sulfide) groups is 1. The van der Waals surface area contributed by atoms with Crippen molar-refractivity contribution < 1.29 is 9.72 Å². The number of aromatic nitrogens is 2. The van der Waals surface area contributed by atoms with Crippen molar-refractivity contribution >= 4 is 34.3 Å². The van der Waals surface area contributed by atoms with Crippen LogP contribution in [-0.2, 0) is 12.3 Å². The Balaban J connectivity index is 1.71. The lowest BCUT2D eigenvalue weighted by Crippen LogP contribution is -2.26. The first-order valence-electron chi connectivity index (χ1n) is 11.2. The third-order valence-electron chi connectivity index (χ3n) is 5.42. The fourth-order valence-corrected chi connectivity index (χ4v) is 4.51. The fraction of sp³-hybridized carbons (Fsp3) is 0.192. The molecule has 0 aliphatic rings. The highest BCUT2D eigenvalue weighted by Gasteiger charge is 2.15. The monoisotopic (exact) mass is 488 g/mol. The van der Waals surface area contributed by atoms with E-state index < -0.39 is 4.92 Å². The quantitative estimate of drug-likeness (QED) is 0.157. The molecule has 4 rings (SSSR count). The van der Waals surface area contributed by atoms with Crippen molar-refractivity contribution in [3.8, 4) is 0 Å². The van der Waals surface area contributed by atoms with Crippen LogP contribution >= 0.6 is 11.8 Å². The van der Waals surface area contributed by atoms with Crippen LogP contribution in [0.2, 0.25) is 0 Å². The summed E-state index contributed by atoms with van der Waals surface area (Å²) >= 11 is 1.37. The first-order valence-corrected chi connectivity index (χ1v) is 12.2. The highest BCUT2D eigenvalue weighted by Crippen LogP contribution is 2.24. The molecule has 0 saturated carbocycles. The number of rotatable bonds is 9. The first-order chi connectivity index (χ1) is 17.0. The van der Waals surface area contributed by atoms with Crippen molar-refractivity contribution in [2.45, 2.75) is 30.8 Å². The van der Waals surface area contributed by atoms with E-state index in [-0.39, 0.29) is 17.2 Å². The number of hydrogen-bond acceptors (Lipinski definition) is 6. The molecule has 0 radical (unpaired) electrons. The maximum Gasteiger partial charge on any atom is 0.269 e. The predicted octanol–water partition coefficient (Wildman–Crippen LogP) is 4.79. The van der Waals surface area contributed by atoms with E-state index in [1.165, 1.54) is 23.9 Å². The van der Waals surface area contributed by atoms with Crippen LogP contribution in [-0.4, -0.2) is 26.9 Å². The number of nitrogens with zero attached hydrogens (tertiary/aromatic N) is 3. The van der Waals surface area contributed by atoms with Crippen molar-refractivity contribution in [3.63, 3.8) is 0 Å². The molecule has 0 atom stereocenters. The van der Waals surface area contributed by atoms with Gasteiger partial charge in [0.15, 0.2) is 5.16 Å². The summed E-state index contributed by atoms with van der Waals surface area (Å²) in [6.45, 7) is 2.90. The number of amides is 1. The second-order valence-corrected chi connectivity index (χ2v) is 8.91. The van der Waals surface area contributed by atoms with E-state index in [0.29, 0.717) is 40.5 Å². The fourth-order valence-electron chi connectivity index (χ4n) is 3.56. The summed E-state index contributed by atoms with van der Waals surface area (Å²) in [5, 5.41) is 14.7. The van der Waals surface area contributed by atoms with Crippen molar-refractivity contribution in [3.05, 3.63) is 110 Å². The highest BCUT2D eigenvalue weighted by atomic mass is 32.2. The number of nitro groups is 1. The number of carbonyl (C=O) groups is 1. The van der Waals surface area contributed by atoms with Crippen LogP contribution in [0.5, 0.6) is 0 Å². The van der Waals surface area contributed by atoms with E-state index in [9.17, 15) is 19.7 Å². The van der Waals surface area contributed by atoms with Crippen molar-refractivity contribution in [1.29, 1.82) is 0 Å². The molecule has 35 heavy (non-hydrogen) atoms. The molecule has 0 aliphatic heterocycles. The lowest BCUT2D eigenvalue weighted by Gasteiger charge is -2.14. The van der Waals surface area contributed by atoms with Crippen LogP contribution in [0.4, 0.5) is 5.69 Å². The molecule has 1 amide bonds. The zero-order valence-corrected chi connectivity index (χ0v) is 20.0. The van der Waals surface area contributed by atoms with E-state index in [0.717, 1.165) is 17.5 Å². The van der Waals surface area contributed by atoms with Gasteiger partial charge in [-0.15, -0.1) is 0 Å². The molecule has 0 spiro atoms. The van der Waals surface area contributed by atoms with Gasteiger partial charge in [0, 0.05) is 30.0 Å². The molecular formula is C26H24N4O4S. The van der Waals surface area contributed by atoms with Crippen LogP contribution in [0.3, 0.4) is 0 Å². The summed E-state index contributed by atoms with van der Waals surface area (Å²) in [7, 11) is 0. The van der Waals surface area contributed by atoms with Crippen molar-refractivity contribution in [1.82, 2.24) is 14.9 Å². The minimum atomic E-state index is -0.437. The van der Waals surface area contributed by atoms with Gasteiger partial charge in [-0.05, 0) is 35.7 Å². The summed E-state index contributed by atoms with van der Waals surface area (Å²) < 4.78 is 1.63. The summed E-state index contributed by atoms with van der Waals surface area (Å²) in [4.78, 5) is 41.2. The number of hydrogen-bond donors (Lipinski definition) is 1. The molecule has 0 saturated heterocycles. The first kappa shape index (κ1) is 24.2. The molecule has 0 fully saturated rings. The Bertz CT molecular complexity index is 1420. The van der Waals surface area contributed by atoms with Gasteiger partial charge >= 0.3 is 0 Å². The Morgan fingerprint density at radius 1 is 1.06 bits per heavy atom. The van der Waals surface area contributed by atoms with Gasteiger partial charge < -0.3 is 5.32 Å². The van der Waals surface area contributed by atoms with Crippen LogP contribution < -0.4 is 10.9 Å². The van der Waals surface area contributed by atoms with Gasteiger partial charge in [-0.1, -0.05) is 61.2 Å². The van der Waals surface area contributed by atoms with E-state index in [1.807, 2.05) is 37.3 Å². The van der Waals surface area contributed by atoms with Crippen LogP contribution in [0, 0.1) is 10.1 Å². The predicted molar refractivity (Wildman–Crippen MR) is 137 cm³/mol. The largest absolute Gasteiger partial charge is 0.352 e. The van der Waals surface area contributed by atoms with Gasteiger partial charge in [0.05, 0.1) is 22.4 Å². The molecular weight excluding hydrogens is 464 g/mol. The van der Waals surface area contributed by atoms with E-state index >= 15 is 0 Å². The van der Waals surface area contributed by atoms with Gasteiger partial charge in [0.25, 0.3) is 17.2 Å². The molecule has 1 heterocycles. The average Bonchev–Trinajstić information content (AvgIpc) is 2.88. The Hall–Kier alpha value is -3.98. The number of nitro benzene ring substituents is 1. The number of benzene rings is 3. The second kappa shape index (κ2) is 11.0. The van der Waals surface area contributed by atoms with Crippen molar-refractivity contribution in [2.24, 2.45) is 0 Å². The Morgan fingerprint density at radius 2 is 1.80 bits per heavy atom. The number of nitrogens with one attached hydrogen (secondary N) is 1. The lowest BCUT2D eigenvalue weighted by molar-refractivity contribution is -0.384. The molecule has 9 heteroatoms. The van der Waals surface area contributed by atoms with Crippen LogP contribution in [0.1, 0.15) is 34.8 Å². The molecule has 0 bridgehead atoms. The van der Waals surface area contributed by atoms with Gasteiger partial charge in [0.1, 0.15) is 0 Å². The van der Waals surface area contributed by atoms with E-state index in [2.05, 4.69) is 5.32 Å². The minimum Gasteiger partial charge on any atom is -0.352 e. The summed E-state index contributed by atoms with van der Waals surface area (Å²) in [6, 6.07) is 20.9. The summed E-state index contributed by atoms with van der Waals surface area (Å²) in [5.74, 6) is 0.269. The molecule has 1 aromatic heterocycles. The Kier molecular flexibility index (Phi) is 7.57. The maximum atomic E-state index is 13.5. The van der Waals surface area contributed by atoms with Gasteiger partial charge in [-0.2, -0.15) is 0 Å². The molecule has 1 N–H and O–H groups in total. The van der Waals surface area contributed by atoms with Crippen LogP contribution in [0.25, 0.3) is 10.9 Å². The topological polar surface area (TPSA) is 107 Å². The zero-order valence-electron chi connectivity index (χ0n) is 19.1. The molecule has 0 aliphatic carbocycles. The number of non-ortho nitro benzene ring substituents is 1. The maximum absolute atomic E-state index is 13.5. The second-order valence-electron chi connectivity index (χ2n) is 7.97. The minimum absolute atomic E-state index is 0.0254. The molecule has 3 aromatic carbocycles. The summed E-state index contributed by atoms with van der Waals surface area (Å²) in [6.07, 6.45) is 0.825. The smallest absolute Gasteiger partial charge is 0.269 e. The highest BCUT2D eigenvalue weighted by molar-refractivity contribution is 7.98. The lowest BCUT2D eigenvalue weighted by atomic mass is 10.1. The van der Waals surface area contributed by atoms with Crippen LogP contribution in [0.15, 0.2) is 82.7 Å². The SMILES string of the molecule is CCCNC(=O)c1ccc2c(=O)n(Cc3ccccc3)c(SCc3ccc([N+](=O)[O-])cc3)nc2c1. The zero-order chi connectivity index (χ0) is 24.8. The molecule has 8 nitrogen and oxygen atoms in total. The van der Waals surface area contributed by atoms with Gasteiger partial charge in [-0.25, -0.2) is 4.98 Å². The third kappa shape index (κ3) is 5.75. The van der Waals surface area contributed by atoms with E-state index in [4.69, 9.17) is 4.98 Å². The van der Waals surface area contributed by atoms with Gasteiger partial charge in [0.2, 0.25) is 0 Å². The molecule has 178 valence electrons. The Labute approximate surface area is 206 Å². The standard InChI is InChI=1S/C26H24N4O4S/c1-2-14-27-24(31)20-10-13-22-23(15-20)28-26(29(25(22)32)16-18-6-4-3-5-7-18)35-17-19-8-11-21(12-9-19)30(33)34/h3-13,15H,2,14,16-17H2,1H3,(H,27,31). The van der Waals surface area contributed by atoms with E-state index in [1.54, 1.807) is 34.9 Å². The molecule has 0 unspecified atom stereocenters. The van der Waals surface area contributed by atoms with Crippen molar-refractivity contribution in [2.75, 3.05) is 6.54 Å².